The van der Waals surface area contributed by atoms with E-state index >= 15 is 0 Å². The van der Waals surface area contributed by atoms with E-state index in [4.69, 9.17) is 26.1 Å². The average molecular weight is 392 g/mol. The van der Waals surface area contributed by atoms with Crippen LogP contribution in [0.15, 0.2) is 60.8 Å². The average Bonchev–Trinajstić information content (AvgIpc) is 3.08. The SMILES string of the molecule is Cc1cccn2c(Nc3ccc4c(c3)OCCO4)c(-c3cccc(Cl)c3)nc12. The number of hydrogen-bond acceptors (Lipinski definition) is 4. The second-order valence-corrected chi connectivity index (χ2v) is 7.12. The van der Waals surface area contributed by atoms with Crippen molar-refractivity contribution in [3.05, 3.63) is 71.4 Å². The molecule has 0 amide bonds. The summed E-state index contributed by atoms with van der Waals surface area (Å²) < 4.78 is 13.4. The van der Waals surface area contributed by atoms with E-state index in [1.165, 1.54) is 0 Å². The van der Waals surface area contributed by atoms with Gasteiger partial charge in [-0.1, -0.05) is 29.8 Å². The van der Waals surface area contributed by atoms with Crippen LogP contribution in [-0.2, 0) is 0 Å². The zero-order valence-electron chi connectivity index (χ0n) is 15.3. The molecule has 5 nitrogen and oxygen atoms in total. The zero-order chi connectivity index (χ0) is 19.1. The molecule has 0 aliphatic carbocycles. The van der Waals surface area contributed by atoms with Gasteiger partial charge in [0, 0.05) is 28.5 Å². The van der Waals surface area contributed by atoms with Gasteiger partial charge in [0.05, 0.1) is 0 Å². The Balaban J connectivity index is 1.65. The first-order chi connectivity index (χ1) is 13.7. The molecule has 140 valence electrons. The monoisotopic (exact) mass is 391 g/mol. The van der Waals surface area contributed by atoms with E-state index in [0.717, 1.165) is 45.5 Å². The number of halogens is 1. The maximum atomic E-state index is 6.23. The highest BCUT2D eigenvalue weighted by molar-refractivity contribution is 6.30. The van der Waals surface area contributed by atoms with E-state index in [1.54, 1.807) is 0 Å². The van der Waals surface area contributed by atoms with E-state index in [2.05, 4.69) is 22.7 Å². The van der Waals surface area contributed by atoms with Gasteiger partial charge in [0.2, 0.25) is 0 Å². The lowest BCUT2D eigenvalue weighted by atomic mass is 10.1. The van der Waals surface area contributed by atoms with Gasteiger partial charge in [-0.25, -0.2) is 4.98 Å². The fraction of sp³-hybridized carbons (Fsp3) is 0.136. The Morgan fingerprint density at radius 2 is 1.86 bits per heavy atom. The van der Waals surface area contributed by atoms with Crippen molar-refractivity contribution >= 4 is 28.8 Å². The van der Waals surface area contributed by atoms with Crippen molar-refractivity contribution in [1.29, 1.82) is 0 Å². The molecule has 0 saturated carbocycles. The molecule has 1 aliphatic heterocycles. The van der Waals surface area contributed by atoms with E-state index in [9.17, 15) is 0 Å². The summed E-state index contributed by atoms with van der Waals surface area (Å²) in [5, 5.41) is 4.19. The minimum atomic E-state index is 0.555. The van der Waals surface area contributed by atoms with Crippen molar-refractivity contribution < 1.29 is 9.47 Å². The lowest BCUT2D eigenvalue weighted by molar-refractivity contribution is 0.171. The van der Waals surface area contributed by atoms with Gasteiger partial charge in [-0.15, -0.1) is 0 Å². The summed E-state index contributed by atoms with van der Waals surface area (Å²) in [6.07, 6.45) is 2.00. The molecule has 0 spiro atoms. The first kappa shape index (κ1) is 17.0. The van der Waals surface area contributed by atoms with Gasteiger partial charge in [0.1, 0.15) is 30.4 Å². The lowest BCUT2D eigenvalue weighted by Crippen LogP contribution is -2.15. The van der Waals surface area contributed by atoms with Crippen molar-refractivity contribution in [3.63, 3.8) is 0 Å². The topological polar surface area (TPSA) is 47.8 Å². The van der Waals surface area contributed by atoms with Gasteiger partial charge in [0.15, 0.2) is 11.5 Å². The third-order valence-electron chi connectivity index (χ3n) is 4.75. The van der Waals surface area contributed by atoms with E-state index in [-0.39, 0.29) is 0 Å². The van der Waals surface area contributed by atoms with Crippen LogP contribution in [0.3, 0.4) is 0 Å². The Labute approximate surface area is 167 Å². The maximum absolute atomic E-state index is 6.23. The third-order valence-corrected chi connectivity index (χ3v) is 4.98. The number of anilines is 2. The fourth-order valence-electron chi connectivity index (χ4n) is 3.42. The number of nitrogens with zero attached hydrogens (tertiary/aromatic N) is 2. The number of ether oxygens (including phenoxy) is 2. The molecule has 28 heavy (non-hydrogen) atoms. The Bertz CT molecular complexity index is 1190. The van der Waals surface area contributed by atoms with E-state index in [0.29, 0.717) is 18.2 Å². The number of fused-ring (bicyclic) bond motifs is 2. The second-order valence-electron chi connectivity index (χ2n) is 6.69. The van der Waals surface area contributed by atoms with Gasteiger partial charge >= 0.3 is 0 Å². The number of aryl methyl sites for hydroxylation is 1. The van der Waals surface area contributed by atoms with Crippen LogP contribution in [0.1, 0.15) is 5.56 Å². The summed E-state index contributed by atoms with van der Waals surface area (Å²) in [5.74, 6) is 2.38. The molecule has 2 aromatic heterocycles. The lowest BCUT2D eigenvalue weighted by Gasteiger charge is -2.19. The standard InChI is InChI=1S/C22H18ClN3O2/c1-14-4-3-9-26-21(14)25-20(15-5-2-6-16(23)12-15)22(26)24-17-7-8-18-19(13-17)28-11-10-27-18/h2-9,12-13,24H,10-11H2,1H3. The number of hydrogen-bond donors (Lipinski definition) is 1. The molecule has 0 bridgehead atoms. The van der Waals surface area contributed by atoms with Crippen LogP contribution in [0.2, 0.25) is 5.02 Å². The molecule has 0 unspecified atom stereocenters. The number of aromatic nitrogens is 2. The zero-order valence-corrected chi connectivity index (χ0v) is 16.0. The summed E-state index contributed by atoms with van der Waals surface area (Å²) >= 11 is 6.23. The van der Waals surface area contributed by atoms with Gasteiger partial charge in [0.25, 0.3) is 0 Å². The van der Waals surface area contributed by atoms with Crippen molar-refractivity contribution in [2.24, 2.45) is 0 Å². The number of benzene rings is 2. The summed E-state index contributed by atoms with van der Waals surface area (Å²) in [7, 11) is 0. The fourth-order valence-corrected chi connectivity index (χ4v) is 3.61. The molecule has 2 aromatic carbocycles. The molecule has 0 saturated heterocycles. The minimum Gasteiger partial charge on any atom is -0.486 e. The Hall–Kier alpha value is -3.18. The number of pyridine rings is 1. The summed E-state index contributed by atoms with van der Waals surface area (Å²) in [6.45, 7) is 3.18. The predicted octanol–water partition coefficient (Wildman–Crippen LogP) is 5.48. The first-order valence-corrected chi connectivity index (χ1v) is 9.47. The third kappa shape index (κ3) is 2.94. The first-order valence-electron chi connectivity index (χ1n) is 9.09. The Kier molecular flexibility index (Phi) is 4.10. The number of rotatable bonds is 3. The predicted molar refractivity (Wildman–Crippen MR) is 111 cm³/mol. The molecule has 1 N–H and O–H groups in total. The highest BCUT2D eigenvalue weighted by Crippen LogP contribution is 2.37. The number of nitrogens with one attached hydrogen (secondary N) is 1. The van der Waals surface area contributed by atoms with Crippen molar-refractivity contribution in [2.45, 2.75) is 6.92 Å². The van der Waals surface area contributed by atoms with Crippen LogP contribution in [0, 0.1) is 6.92 Å². The highest BCUT2D eigenvalue weighted by Gasteiger charge is 2.17. The van der Waals surface area contributed by atoms with Crippen molar-refractivity contribution in [2.75, 3.05) is 18.5 Å². The maximum Gasteiger partial charge on any atom is 0.163 e. The quantitative estimate of drug-likeness (QED) is 0.502. The summed E-state index contributed by atoms with van der Waals surface area (Å²) in [5.41, 5.74) is 4.69. The minimum absolute atomic E-state index is 0.555. The van der Waals surface area contributed by atoms with Crippen molar-refractivity contribution in [1.82, 2.24) is 9.38 Å². The summed E-state index contributed by atoms with van der Waals surface area (Å²) in [6, 6.07) is 17.6. The number of imidazole rings is 1. The van der Waals surface area contributed by atoms with Gasteiger partial charge in [-0.3, -0.25) is 4.40 Å². The molecule has 0 fully saturated rings. The van der Waals surface area contributed by atoms with Crippen LogP contribution in [0.5, 0.6) is 11.5 Å². The Morgan fingerprint density at radius 1 is 1.00 bits per heavy atom. The molecule has 0 radical (unpaired) electrons. The summed E-state index contributed by atoms with van der Waals surface area (Å²) in [4.78, 5) is 4.89. The smallest absolute Gasteiger partial charge is 0.163 e. The highest BCUT2D eigenvalue weighted by atomic mass is 35.5. The van der Waals surface area contributed by atoms with Crippen LogP contribution in [-0.4, -0.2) is 22.6 Å². The molecular weight excluding hydrogens is 374 g/mol. The van der Waals surface area contributed by atoms with Gasteiger partial charge < -0.3 is 14.8 Å². The van der Waals surface area contributed by atoms with Gasteiger partial charge in [-0.2, -0.15) is 0 Å². The van der Waals surface area contributed by atoms with E-state index in [1.807, 2.05) is 54.7 Å². The normalized spacial score (nSPS) is 12.9. The Morgan fingerprint density at radius 3 is 2.71 bits per heavy atom. The molecule has 6 heteroatoms. The van der Waals surface area contributed by atoms with Crippen LogP contribution < -0.4 is 14.8 Å². The molecule has 3 heterocycles. The van der Waals surface area contributed by atoms with Gasteiger partial charge in [-0.05, 0) is 42.8 Å². The van der Waals surface area contributed by atoms with Crippen LogP contribution in [0.25, 0.3) is 16.9 Å². The molecule has 5 rings (SSSR count). The van der Waals surface area contributed by atoms with Crippen molar-refractivity contribution in [3.8, 4) is 22.8 Å². The molecule has 4 aromatic rings. The second kappa shape index (κ2) is 6.77. The van der Waals surface area contributed by atoms with E-state index < -0.39 is 0 Å². The van der Waals surface area contributed by atoms with Crippen LogP contribution in [0.4, 0.5) is 11.5 Å². The molecule has 1 aliphatic rings. The largest absolute Gasteiger partial charge is 0.486 e. The molecule has 0 atom stereocenters. The molecular formula is C22H18ClN3O2. The van der Waals surface area contributed by atoms with Crippen LogP contribution >= 0.6 is 11.6 Å².